The maximum atomic E-state index is 13.1. The number of fused-ring (bicyclic) bond motifs is 1. The van der Waals surface area contributed by atoms with Gasteiger partial charge in [0.15, 0.2) is 5.65 Å². The van der Waals surface area contributed by atoms with Crippen molar-refractivity contribution >= 4 is 39.7 Å². The lowest BCUT2D eigenvalue weighted by atomic mass is 10.1. The first-order chi connectivity index (χ1) is 14.0. The molecular weight excluding hydrogens is 390 g/mol. The Morgan fingerprint density at radius 2 is 2.14 bits per heavy atom. The van der Waals surface area contributed by atoms with Crippen LogP contribution in [-0.2, 0) is 6.54 Å². The summed E-state index contributed by atoms with van der Waals surface area (Å²) in [6.07, 6.45) is 1.62. The molecule has 1 amide bonds. The van der Waals surface area contributed by atoms with E-state index in [1.807, 2.05) is 24.4 Å². The SMILES string of the molecule is CCn1ncc2c(C(=O)Nc3cccc([N+](=O)[O-])c3C)cc(-c3cccs3)nc21. The van der Waals surface area contributed by atoms with Crippen molar-refractivity contribution in [2.75, 3.05) is 5.32 Å². The summed E-state index contributed by atoms with van der Waals surface area (Å²) in [5.41, 5.74) is 2.49. The summed E-state index contributed by atoms with van der Waals surface area (Å²) < 4.78 is 1.74. The van der Waals surface area contributed by atoms with Gasteiger partial charge in [0.25, 0.3) is 11.6 Å². The van der Waals surface area contributed by atoms with Crippen LogP contribution < -0.4 is 5.32 Å². The maximum absolute atomic E-state index is 13.1. The first-order valence-corrected chi connectivity index (χ1v) is 9.83. The summed E-state index contributed by atoms with van der Waals surface area (Å²) in [6.45, 7) is 4.19. The molecule has 1 N–H and O–H groups in total. The maximum Gasteiger partial charge on any atom is 0.274 e. The molecular formula is C20H17N5O3S. The zero-order valence-electron chi connectivity index (χ0n) is 15.7. The summed E-state index contributed by atoms with van der Waals surface area (Å²) in [4.78, 5) is 29.5. The second kappa shape index (κ2) is 7.44. The number of aromatic nitrogens is 3. The van der Waals surface area contributed by atoms with Gasteiger partial charge < -0.3 is 5.32 Å². The van der Waals surface area contributed by atoms with Gasteiger partial charge in [0.2, 0.25) is 0 Å². The van der Waals surface area contributed by atoms with E-state index in [-0.39, 0.29) is 11.6 Å². The molecule has 1 aromatic carbocycles. The van der Waals surface area contributed by atoms with E-state index in [9.17, 15) is 14.9 Å². The molecule has 0 radical (unpaired) electrons. The highest BCUT2D eigenvalue weighted by Crippen LogP contribution is 2.30. The van der Waals surface area contributed by atoms with Crippen molar-refractivity contribution in [3.63, 3.8) is 0 Å². The molecule has 4 rings (SSSR count). The van der Waals surface area contributed by atoms with E-state index in [0.29, 0.717) is 40.1 Å². The number of nitrogens with one attached hydrogen (secondary N) is 1. The molecule has 0 aliphatic rings. The van der Waals surface area contributed by atoms with Gasteiger partial charge in [-0.15, -0.1) is 11.3 Å². The summed E-state index contributed by atoms with van der Waals surface area (Å²) in [7, 11) is 0. The number of anilines is 1. The van der Waals surface area contributed by atoms with Gasteiger partial charge >= 0.3 is 0 Å². The molecule has 0 unspecified atom stereocenters. The molecule has 0 atom stereocenters. The van der Waals surface area contributed by atoms with E-state index in [0.717, 1.165) is 4.88 Å². The van der Waals surface area contributed by atoms with Gasteiger partial charge in [-0.25, -0.2) is 9.67 Å². The summed E-state index contributed by atoms with van der Waals surface area (Å²) in [5, 5.41) is 20.9. The minimum Gasteiger partial charge on any atom is -0.321 e. The highest BCUT2D eigenvalue weighted by Gasteiger charge is 2.20. The van der Waals surface area contributed by atoms with Crippen LogP contribution >= 0.6 is 11.3 Å². The molecule has 4 aromatic rings. The number of hydrogen-bond acceptors (Lipinski definition) is 6. The van der Waals surface area contributed by atoms with E-state index in [1.165, 1.54) is 17.4 Å². The normalized spacial score (nSPS) is 11.0. The number of nitro groups is 1. The van der Waals surface area contributed by atoms with Crippen LogP contribution in [-0.4, -0.2) is 25.6 Å². The van der Waals surface area contributed by atoms with E-state index in [1.54, 1.807) is 36.0 Å². The monoisotopic (exact) mass is 407 g/mol. The van der Waals surface area contributed by atoms with Gasteiger partial charge in [0.1, 0.15) is 0 Å². The average Bonchev–Trinajstić information content (AvgIpc) is 3.38. The standard InChI is InChI=1S/C20H17N5O3S/c1-3-24-19-14(11-21-24)13(10-16(22-19)18-8-5-9-29-18)20(26)23-15-6-4-7-17(12(15)2)25(27)28/h4-11H,3H2,1-2H3,(H,23,26). The Morgan fingerprint density at radius 1 is 1.31 bits per heavy atom. The Hall–Kier alpha value is -3.59. The van der Waals surface area contributed by atoms with Crippen molar-refractivity contribution in [1.82, 2.24) is 14.8 Å². The van der Waals surface area contributed by atoms with E-state index in [2.05, 4.69) is 10.4 Å². The fraction of sp³-hybridized carbons (Fsp3) is 0.150. The lowest BCUT2D eigenvalue weighted by Gasteiger charge is -2.10. The van der Waals surface area contributed by atoms with Gasteiger partial charge in [-0.2, -0.15) is 5.10 Å². The number of hydrogen-bond donors (Lipinski definition) is 1. The van der Waals surface area contributed by atoms with Gasteiger partial charge in [-0.05, 0) is 37.4 Å². The molecule has 29 heavy (non-hydrogen) atoms. The molecule has 8 nitrogen and oxygen atoms in total. The van der Waals surface area contributed by atoms with E-state index in [4.69, 9.17) is 4.98 Å². The topological polar surface area (TPSA) is 103 Å². The number of nitro benzene ring substituents is 1. The first-order valence-electron chi connectivity index (χ1n) is 8.95. The number of carbonyl (C=O) groups excluding carboxylic acids is 1. The number of thiophene rings is 1. The zero-order valence-corrected chi connectivity index (χ0v) is 16.6. The predicted octanol–water partition coefficient (Wildman–Crippen LogP) is 4.65. The third-order valence-electron chi connectivity index (χ3n) is 4.68. The fourth-order valence-electron chi connectivity index (χ4n) is 3.16. The molecule has 9 heteroatoms. The van der Waals surface area contributed by atoms with Crippen LogP contribution in [0.15, 0.2) is 48.0 Å². The molecule has 3 aromatic heterocycles. The lowest BCUT2D eigenvalue weighted by Crippen LogP contribution is -2.14. The highest BCUT2D eigenvalue weighted by molar-refractivity contribution is 7.13. The number of carbonyl (C=O) groups is 1. The van der Waals surface area contributed by atoms with Crippen LogP contribution in [0.1, 0.15) is 22.8 Å². The Morgan fingerprint density at radius 3 is 2.83 bits per heavy atom. The zero-order chi connectivity index (χ0) is 20.5. The van der Waals surface area contributed by atoms with Gasteiger partial charge in [0, 0.05) is 12.6 Å². The van der Waals surface area contributed by atoms with Crippen LogP contribution in [0, 0.1) is 17.0 Å². The van der Waals surface area contributed by atoms with Gasteiger partial charge in [-0.1, -0.05) is 12.1 Å². The third kappa shape index (κ3) is 3.36. The van der Waals surface area contributed by atoms with Crippen LogP contribution in [0.2, 0.25) is 0 Å². The molecule has 146 valence electrons. The molecule has 0 saturated heterocycles. The van der Waals surface area contributed by atoms with Crippen LogP contribution in [0.25, 0.3) is 21.6 Å². The number of amides is 1. The predicted molar refractivity (Wildman–Crippen MR) is 112 cm³/mol. The van der Waals surface area contributed by atoms with Gasteiger partial charge in [-0.3, -0.25) is 14.9 Å². The molecule has 0 spiro atoms. The second-order valence-corrected chi connectivity index (χ2v) is 7.34. The van der Waals surface area contributed by atoms with Gasteiger partial charge in [0.05, 0.1) is 43.9 Å². The minimum absolute atomic E-state index is 0.0410. The van der Waals surface area contributed by atoms with Crippen molar-refractivity contribution in [1.29, 1.82) is 0 Å². The van der Waals surface area contributed by atoms with Crippen LogP contribution in [0.4, 0.5) is 11.4 Å². The number of nitrogens with zero attached hydrogens (tertiary/aromatic N) is 4. The van der Waals surface area contributed by atoms with Crippen molar-refractivity contribution in [2.24, 2.45) is 0 Å². The lowest BCUT2D eigenvalue weighted by molar-refractivity contribution is -0.385. The summed E-state index contributed by atoms with van der Waals surface area (Å²) >= 11 is 1.53. The second-order valence-electron chi connectivity index (χ2n) is 6.39. The van der Waals surface area contributed by atoms with E-state index >= 15 is 0 Å². The Kier molecular flexibility index (Phi) is 4.81. The van der Waals surface area contributed by atoms with Crippen molar-refractivity contribution in [3.05, 3.63) is 69.2 Å². The summed E-state index contributed by atoms with van der Waals surface area (Å²) in [6, 6.07) is 10.2. The number of aryl methyl sites for hydroxylation is 1. The van der Waals surface area contributed by atoms with Crippen LogP contribution in [0.5, 0.6) is 0 Å². The average molecular weight is 407 g/mol. The van der Waals surface area contributed by atoms with Crippen molar-refractivity contribution < 1.29 is 9.72 Å². The minimum atomic E-state index is -0.462. The molecule has 3 heterocycles. The fourth-order valence-corrected chi connectivity index (χ4v) is 3.85. The molecule has 0 aliphatic heterocycles. The number of pyridine rings is 1. The summed E-state index contributed by atoms with van der Waals surface area (Å²) in [5.74, 6) is -0.366. The van der Waals surface area contributed by atoms with Crippen LogP contribution in [0.3, 0.4) is 0 Å². The Balaban J connectivity index is 1.81. The Bertz CT molecular complexity index is 1230. The van der Waals surface area contributed by atoms with E-state index < -0.39 is 4.92 Å². The van der Waals surface area contributed by atoms with Crippen molar-refractivity contribution in [2.45, 2.75) is 20.4 Å². The number of rotatable bonds is 5. The molecule has 0 aliphatic carbocycles. The van der Waals surface area contributed by atoms with Crippen molar-refractivity contribution in [3.8, 4) is 10.6 Å². The highest BCUT2D eigenvalue weighted by atomic mass is 32.1. The largest absolute Gasteiger partial charge is 0.321 e. The molecule has 0 bridgehead atoms. The Labute approximate surface area is 170 Å². The quantitative estimate of drug-likeness (QED) is 0.383. The third-order valence-corrected chi connectivity index (χ3v) is 5.57. The smallest absolute Gasteiger partial charge is 0.274 e. The molecule has 0 fully saturated rings. The first kappa shape index (κ1) is 18.8. The number of benzene rings is 1. The molecule has 0 saturated carbocycles.